The zero-order valence-corrected chi connectivity index (χ0v) is 7.21. The topological polar surface area (TPSA) is 34.9 Å². The average Bonchev–Trinajstić information content (AvgIpc) is 1.98. The van der Waals surface area contributed by atoms with Gasteiger partial charge in [-0.25, -0.2) is 4.68 Å². The highest BCUT2D eigenvalue weighted by Crippen LogP contribution is 1.86. The molecule has 11 heavy (non-hydrogen) atoms. The van der Waals surface area contributed by atoms with Crippen LogP contribution >= 0.6 is 12.6 Å². The van der Waals surface area contributed by atoms with Crippen molar-refractivity contribution in [3.8, 4) is 0 Å². The molecule has 0 saturated carbocycles. The molecule has 0 aliphatic rings. The van der Waals surface area contributed by atoms with Crippen molar-refractivity contribution in [3.63, 3.8) is 0 Å². The molecule has 0 aromatic carbocycles. The lowest BCUT2D eigenvalue weighted by Crippen LogP contribution is -2.22. The molecular weight excluding hydrogens is 160 g/mol. The van der Waals surface area contributed by atoms with Crippen molar-refractivity contribution in [1.29, 1.82) is 0 Å². The fourth-order valence-electron chi connectivity index (χ4n) is 0.806. The summed E-state index contributed by atoms with van der Waals surface area (Å²) in [6, 6.07) is 3.23. The summed E-state index contributed by atoms with van der Waals surface area (Å²) in [6.45, 7) is 2.43. The van der Waals surface area contributed by atoms with Crippen molar-refractivity contribution in [2.75, 3.05) is 5.75 Å². The molecule has 3 nitrogen and oxygen atoms in total. The lowest BCUT2D eigenvalue weighted by molar-refractivity contribution is 0.612. The summed E-state index contributed by atoms with van der Waals surface area (Å²) in [4.78, 5) is 11.0. The second-order valence-electron chi connectivity index (χ2n) is 2.26. The minimum Gasteiger partial charge on any atom is -0.268 e. The smallest absolute Gasteiger partial charge is 0.266 e. The van der Waals surface area contributed by atoms with Crippen molar-refractivity contribution in [1.82, 2.24) is 9.78 Å². The van der Waals surface area contributed by atoms with E-state index in [9.17, 15) is 4.79 Å². The van der Waals surface area contributed by atoms with Crippen LogP contribution in [0.2, 0.25) is 0 Å². The first-order valence-corrected chi connectivity index (χ1v) is 4.03. The van der Waals surface area contributed by atoms with Crippen LogP contribution in [-0.4, -0.2) is 15.5 Å². The highest BCUT2D eigenvalue weighted by atomic mass is 32.1. The minimum atomic E-state index is -0.0651. The van der Waals surface area contributed by atoms with Crippen LogP contribution in [0.25, 0.3) is 0 Å². The van der Waals surface area contributed by atoms with E-state index in [0.29, 0.717) is 12.3 Å². The first kappa shape index (κ1) is 8.33. The van der Waals surface area contributed by atoms with Gasteiger partial charge in [0.25, 0.3) is 5.56 Å². The highest BCUT2D eigenvalue weighted by molar-refractivity contribution is 7.80. The Morgan fingerprint density at radius 3 is 3.00 bits per heavy atom. The molecule has 0 bridgehead atoms. The summed E-state index contributed by atoms with van der Waals surface area (Å²) in [6.07, 6.45) is 0. The third kappa shape index (κ3) is 2.08. The van der Waals surface area contributed by atoms with Crippen LogP contribution in [-0.2, 0) is 6.54 Å². The molecule has 0 aliphatic heterocycles. The monoisotopic (exact) mass is 170 g/mol. The lowest BCUT2D eigenvalue weighted by Gasteiger charge is -2.00. The minimum absolute atomic E-state index is 0.0651. The van der Waals surface area contributed by atoms with Gasteiger partial charge in [0.1, 0.15) is 0 Å². The van der Waals surface area contributed by atoms with E-state index in [1.165, 1.54) is 10.7 Å². The third-order valence-corrected chi connectivity index (χ3v) is 1.51. The largest absolute Gasteiger partial charge is 0.268 e. The molecule has 0 radical (unpaired) electrons. The summed E-state index contributed by atoms with van der Waals surface area (Å²) in [7, 11) is 0. The predicted molar refractivity (Wildman–Crippen MR) is 47.1 cm³/mol. The predicted octanol–water partition coefficient (Wildman–Crippen LogP) is 0.482. The van der Waals surface area contributed by atoms with Crippen LogP contribution in [0.5, 0.6) is 0 Å². The molecule has 0 unspecified atom stereocenters. The van der Waals surface area contributed by atoms with Crippen LogP contribution in [0.15, 0.2) is 16.9 Å². The van der Waals surface area contributed by atoms with E-state index in [1.54, 1.807) is 6.07 Å². The molecule has 1 aromatic heterocycles. The van der Waals surface area contributed by atoms with E-state index in [1.807, 2.05) is 6.92 Å². The Balaban J connectivity index is 3.03. The van der Waals surface area contributed by atoms with Gasteiger partial charge in [-0.3, -0.25) is 4.79 Å². The van der Waals surface area contributed by atoms with Gasteiger partial charge in [0.15, 0.2) is 0 Å². The molecule has 1 heterocycles. The van der Waals surface area contributed by atoms with E-state index in [2.05, 4.69) is 17.7 Å². The molecule has 0 N–H and O–H groups in total. The van der Waals surface area contributed by atoms with Gasteiger partial charge in [-0.1, -0.05) is 0 Å². The zero-order chi connectivity index (χ0) is 8.27. The number of aryl methyl sites for hydroxylation is 2. The van der Waals surface area contributed by atoms with Crippen molar-refractivity contribution in [2.45, 2.75) is 13.5 Å². The van der Waals surface area contributed by atoms with Gasteiger partial charge < -0.3 is 0 Å². The van der Waals surface area contributed by atoms with Gasteiger partial charge in [-0.15, -0.1) is 0 Å². The highest BCUT2D eigenvalue weighted by Gasteiger charge is 1.94. The number of nitrogens with zero attached hydrogens (tertiary/aromatic N) is 2. The second-order valence-corrected chi connectivity index (χ2v) is 2.71. The molecule has 60 valence electrons. The Bertz CT molecular complexity index is 295. The zero-order valence-electron chi connectivity index (χ0n) is 6.32. The number of hydrogen-bond acceptors (Lipinski definition) is 3. The first-order chi connectivity index (χ1) is 5.24. The summed E-state index contributed by atoms with van der Waals surface area (Å²) in [5.41, 5.74) is 0.788. The number of hydrogen-bond donors (Lipinski definition) is 1. The molecule has 1 aromatic rings. The SMILES string of the molecule is Cc1ccc(=O)n(CCS)n1. The molecule has 0 saturated heterocycles. The van der Waals surface area contributed by atoms with E-state index in [0.717, 1.165) is 5.69 Å². The Kier molecular flexibility index (Phi) is 2.70. The van der Waals surface area contributed by atoms with Crippen LogP contribution in [0.3, 0.4) is 0 Å². The fraction of sp³-hybridized carbons (Fsp3) is 0.429. The molecular formula is C7H10N2OS. The van der Waals surface area contributed by atoms with Gasteiger partial charge in [-0.05, 0) is 13.0 Å². The van der Waals surface area contributed by atoms with Crippen LogP contribution in [0.4, 0.5) is 0 Å². The molecule has 0 amide bonds. The van der Waals surface area contributed by atoms with E-state index < -0.39 is 0 Å². The van der Waals surface area contributed by atoms with Crippen LogP contribution in [0, 0.1) is 6.92 Å². The number of thiol groups is 1. The summed E-state index contributed by atoms with van der Waals surface area (Å²) in [5, 5.41) is 4.02. The summed E-state index contributed by atoms with van der Waals surface area (Å²) < 4.78 is 1.42. The average molecular weight is 170 g/mol. The normalized spacial score (nSPS) is 10.0. The Hall–Kier alpha value is -0.770. The Labute approximate surface area is 70.5 Å². The number of rotatable bonds is 2. The van der Waals surface area contributed by atoms with Crippen molar-refractivity contribution < 1.29 is 0 Å². The van der Waals surface area contributed by atoms with Crippen molar-refractivity contribution >= 4 is 12.6 Å². The fourth-order valence-corrected chi connectivity index (χ4v) is 0.995. The maximum Gasteiger partial charge on any atom is 0.266 e. The second kappa shape index (κ2) is 3.57. The van der Waals surface area contributed by atoms with E-state index in [-0.39, 0.29) is 5.56 Å². The maximum atomic E-state index is 11.0. The van der Waals surface area contributed by atoms with Crippen LogP contribution in [0.1, 0.15) is 5.69 Å². The molecule has 4 heteroatoms. The lowest BCUT2D eigenvalue weighted by atomic mass is 10.4. The molecule has 0 fully saturated rings. The van der Waals surface area contributed by atoms with Gasteiger partial charge >= 0.3 is 0 Å². The quantitative estimate of drug-likeness (QED) is 0.655. The Morgan fingerprint density at radius 1 is 1.64 bits per heavy atom. The molecule has 0 spiro atoms. The first-order valence-electron chi connectivity index (χ1n) is 3.39. The molecule has 0 aliphatic carbocycles. The van der Waals surface area contributed by atoms with Crippen LogP contribution < -0.4 is 5.56 Å². The van der Waals surface area contributed by atoms with Crippen molar-refractivity contribution in [2.24, 2.45) is 0 Å². The molecule has 0 atom stereocenters. The van der Waals surface area contributed by atoms with E-state index in [4.69, 9.17) is 0 Å². The maximum absolute atomic E-state index is 11.0. The van der Waals surface area contributed by atoms with Gasteiger partial charge in [0.05, 0.1) is 12.2 Å². The van der Waals surface area contributed by atoms with Gasteiger partial charge in [0, 0.05) is 11.8 Å². The van der Waals surface area contributed by atoms with Crippen molar-refractivity contribution in [3.05, 3.63) is 28.2 Å². The summed E-state index contributed by atoms with van der Waals surface area (Å²) >= 11 is 4.01. The van der Waals surface area contributed by atoms with Gasteiger partial charge in [0.2, 0.25) is 0 Å². The van der Waals surface area contributed by atoms with Gasteiger partial charge in [-0.2, -0.15) is 17.7 Å². The Morgan fingerprint density at radius 2 is 2.36 bits per heavy atom. The van der Waals surface area contributed by atoms with E-state index >= 15 is 0 Å². The summed E-state index contributed by atoms with van der Waals surface area (Å²) in [5.74, 6) is 0.635. The standard InChI is InChI=1S/C7H10N2OS/c1-6-2-3-7(10)9(8-6)4-5-11/h2-3,11H,4-5H2,1H3. The third-order valence-electron chi connectivity index (χ3n) is 1.31. The number of aromatic nitrogens is 2. The molecule has 1 rings (SSSR count).